The Labute approximate surface area is 167 Å². The van der Waals surface area contributed by atoms with Crippen molar-refractivity contribution in [1.29, 1.82) is 0 Å². The van der Waals surface area contributed by atoms with Crippen LogP contribution in [0.5, 0.6) is 6.01 Å². The van der Waals surface area contributed by atoms with E-state index in [1.807, 2.05) is 22.6 Å². The second-order valence-corrected chi connectivity index (χ2v) is 7.30. The normalized spacial score (nSPS) is 27.7. The summed E-state index contributed by atoms with van der Waals surface area (Å²) in [5.74, 6) is -2.28. The molecule has 0 saturated carbocycles. The highest BCUT2D eigenvalue weighted by Gasteiger charge is 2.53. The summed E-state index contributed by atoms with van der Waals surface area (Å²) in [6, 6.07) is 1.79. The number of rotatable bonds is 3. The van der Waals surface area contributed by atoms with Crippen LogP contribution in [0.25, 0.3) is 11.2 Å². The molecule has 0 aromatic carbocycles. The largest absolute Gasteiger partial charge is 0.490 e. The van der Waals surface area contributed by atoms with Gasteiger partial charge in [-0.05, 0) is 28.7 Å². The van der Waals surface area contributed by atoms with Crippen molar-refractivity contribution in [2.45, 2.75) is 30.6 Å². The maximum atomic E-state index is 12.4. The van der Waals surface area contributed by atoms with Crippen molar-refractivity contribution in [2.75, 3.05) is 13.2 Å². The fraction of sp³-hybridized carbons (Fsp3) is 0.500. The molecule has 0 radical (unpaired) electrons. The van der Waals surface area contributed by atoms with Crippen molar-refractivity contribution in [1.82, 2.24) is 15.0 Å². The summed E-state index contributed by atoms with van der Waals surface area (Å²) in [4.78, 5) is 22.3. The van der Waals surface area contributed by atoms with Crippen LogP contribution in [0.15, 0.2) is 6.07 Å². The summed E-state index contributed by atoms with van der Waals surface area (Å²) in [6.07, 6.45) is -8.41. The molecule has 8 nitrogen and oxygen atoms in total. The molecule has 2 aromatic heterocycles. The Balaban J connectivity index is 1.44. The zero-order chi connectivity index (χ0) is 19.3. The van der Waals surface area contributed by atoms with E-state index in [0.717, 1.165) is 0 Å². The van der Waals surface area contributed by atoms with Gasteiger partial charge in [0.15, 0.2) is 17.9 Å². The minimum atomic E-state index is -5.08. The van der Waals surface area contributed by atoms with Crippen molar-refractivity contribution in [3.05, 3.63) is 14.8 Å². The van der Waals surface area contributed by atoms with Crippen LogP contribution in [0.2, 0.25) is 5.02 Å². The number of hydrogen-bond acceptors (Lipinski definition) is 7. The molecule has 2 aromatic rings. The zero-order valence-corrected chi connectivity index (χ0v) is 16.0. The van der Waals surface area contributed by atoms with Gasteiger partial charge in [0, 0.05) is 0 Å². The van der Waals surface area contributed by atoms with Gasteiger partial charge in [-0.2, -0.15) is 18.2 Å². The molecule has 1 N–H and O–H groups in total. The lowest BCUT2D eigenvalue weighted by Gasteiger charge is -2.17. The van der Waals surface area contributed by atoms with Gasteiger partial charge in [-0.3, -0.25) is 0 Å². The number of halogens is 5. The Bertz CT molecular complexity index is 856. The summed E-state index contributed by atoms with van der Waals surface area (Å²) < 4.78 is 58.7. The van der Waals surface area contributed by atoms with E-state index >= 15 is 0 Å². The molecule has 27 heavy (non-hydrogen) atoms. The summed E-state index contributed by atoms with van der Waals surface area (Å²) in [7, 11) is 0. The first kappa shape index (κ1) is 19.0. The molecule has 0 unspecified atom stereocenters. The Morgan fingerprint density at radius 1 is 1.26 bits per heavy atom. The average molecular weight is 520 g/mol. The van der Waals surface area contributed by atoms with Gasteiger partial charge in [-0.1, -0.05) is 11.6 Å². The first-order chi connectivity index (χ1) is 12.7. The average Bonchev–Trinajstić information content (AvgIpc) is 3.25. The third-order valence-electron chi connectivity index (χ3n) is 4.08. The van der Waals surface area contributed by atoms with Gasteiger partial charge in [0.05, 0.1) is 23.8 Å². The molecule has 2 fully saturated rings. The standard InChI is InChI=1S/C14H10ClF3IN3O5/c15-4-1-5-11(21-10(4)19)22-13(20-5)27-7-3-25-8-6(2-24-9(7)8)26-12(23)14(16,17)18/h1,6-9H,2-3H2,(H,20,21,22)/t6-,7-,8-,9-/m1/s1. The number of pyridine rings is 1. The summed E-state index contributed by atoms with van der Waals surface area (Å²) in [6.45, 7) is -0.176. The number of H-pyrrole nitrogens is 1. The highest BCUT2D eigenvalue weighted by atomic mass is 127. The summed E-state index contributed by atoms with van der Waals surface area (Å²) in [5.41, 5.74) is 0.966. The third-order valence-corrected chi connectivity index (χ3v) is 5.51. The first-order valence-corrected chi connectivity index (χ1v) is 9.07. The number of fused-ring (bicyclic) bond motifs is 2. The molecule has 4 atom stereocenters. The number of alkyl halides is 3. The van der Waals surface area contributed by atoms with E-state index in [1.165, 1.54) is 0 Å². The second kappa shape index (κ2) is 6.90. The van der Waals surface area contributed by atoms with Gasteiger partial charge < -0.3 is 23.9 Å². The molecule has 0 bridgehead atoms. The molecule has 0 amide bonds. The van der Waals surface area contributed by atoms with E-state index in [1.54, 1.807) is 6.07 Å². The monoisotopic (exact) mass is 519 g/mol. The van der Waals surface area contributed by atoms with Crippen molar-refractivity contribution in [2.24, 2.45) is 0 Å². The minimum Gasteiger partial charge on any atom is -0.456 e. The van der Waals surface area contributed by atoms with Crippen molar-refractivity contribution in [3.8, 4) is 6.01 Å². The zero-order valence-electron chi connectivity index (χ0n) is 13.1. The Hall–Kier alpha value is -1.38. The van der Waals surface area contributed by atoms with Gasteiger partial charge in [-0.15, -0.1) is 0 Å². The van der Waals surface area contributed by atoms with E-state index in [-0.39, 0.29) is 19.2 Å². The van der Waals surface area contributed by atoms with E-state index in [0.29, 0.717) is 19.9 Å². The number of esters is 1. The minimum absolute atomic E-state index is 0.0398. The molecule has 13 heteroatoms. The van der Waals surface area contributed by atoms with E-state index in [2.05, 4.69) is 19.7 Å². The lowest BCUT2D eigenvalue weighted by molar-refractivity contribution is -0.208. The summed E-state index contributed by atoms with van der Waals surface area (Å²) >= 11 is 7.98. The molecular weight excluding hydrogens is 510 g/mol. The maximum Gasteiger partial charge on any atom is 0.490 e. The van der Waals surface area contributed by atoms with Crippen LogP contribution in [0.4, 0.5) is 13.2 Å². The van der Waals surface area contributed by atoms with Gasteiger partial charge in [0.1, 0.15) is 15.9 Å². The van der Waals surface area contributed by atoms with Gasteiger partial charge >= 0.3 is 12.1 Å². The number of carbonyl (C=O) groups is 1. The van der Waals surface area contributed by atoms with E-state index in [9.17, 15) is 18.0 Å². The van der Waals surface area contributed by atoms with Crippen molar-refractivity contribution in [3.63, 3.8) is 0 Å². The predicted octanol–water partition coefficient (Wildman–Crippen LogP) is 2.23. The molecule has 2 aliphatic heterocycles. The number of aromatic nitrogens is 3. The second-order valence-electron chi connectivity index (χ2n) is 5.87. The van der Waals surface area contributed by atoms with Gasteiger partial charge in [0.2, 0.25) is 0 Å². The number of nitrogens with zero attached hydrogens (tertiary/aromatic N) is 2. The highest BCUT2D eigenvalue weighted by molar-refractivity contribution is 14.1. The molecule has 0 spiro atoms. The first-order valence-electron chi connectivity index (χ1n) is 7.62. The van der Waals surface area contributed by atoms with Crippen LogP contribution in [0.1, 0.15) is 0 Å². The Morgan fingerprint density at radius 2 is 1.93 bits per heavy atom. The lowest BCUT2D eigenvalue weighted by atomic mass is 10.1. The van der Waals surface area contributed by atoms with Crippen LogP contribution >= 0.6 is 34.2 Å². The Kier molecular flexibility index (Phi) is 4.84. The van der Waals surface area contributed by atoms with Crippen LogP contribution in [0.3, 0.4) is 0 Å². The fourth-order valence-electron chi connectivity index (χ4n) is 2.91. The quantitative estimate of drug-likeness (QED) is 0.378. The predicted molar refractivity (Wildman–Crippen MR) is 91.4 cm³/mol. The molecule has 2 saturated heterocycles. The number of nitrogens with one attached hydrogen (secondary N) is 1. The Morgan fingerprint density at radius 3 is 2.63 bits per heavy atom. The van der Waals surface area contributed by atoms with Gasteiger partial charge in [0.25, 0.3) is 6.01 Å². The van der Waals surface area contributed by atoms with Crippen molar-refractivity contribution < 1.29 is 36.9 Å². The topological polar surface area (TPSA) is 95.6 Å². The number of hydrogen-bond donors (Lipinski definition) is 1. The van der Waals surface area contributed by atoms with Crippen molar-refractivity contribution >= 4 is 51.3 Å². The SMILES string of the molecule is O=C(O[C@@H]1CO[C@H]2[C@@H]1OC[C@H]2Oc1nc2nc(I)c(Cl)cc2[nH]1)C(F)(F)F. The number of aromatic amines is 1. The van der Waals surface area contributed by atoms with E-state index in [4.69, 9.17) is 25.8 Å². The van der Waals surface area contributed by atoms with Crippen LogP contribution < -0.4 is 4.74 Å². The molecule has 4 heterocycles. The fourth-order valence-corrected chi connectivity index (χ4v) is 3.44. The number of carbonyl (C=O) groups excluding carboxylic acids is 1. The maximum absolute atomic E-state index is 12.4. The molecular formula is C14H10ClF3IN3O5. The third kappa shape index (κ3) is 3.67. The lowest BCUT2D eigenvalue weighted by Crippen LogP contribution is -2.38. The molecule has 2 aliphatic rings. The highest BCUT2D eigenvalue weighted by Crippen LogP contribution is 2.32. The summed E-state index contributed by atoms with van der Waals surface area (Å²) in [5, 5.41) is 0.455. The smallest absolute Gasteiger partial charge is 0.456 e. The molecule has 4 rings (SSSR count). The van der Waals surface area contributed by atoms with Gasteiger partial charge in [-0.25, -0.2) is 9.78 Å². The van der Waals surface area contributed by atoms with Crippen LogP contribution in [-0.2, 0) is 19.0 Å². The molecule has 146 valence electrons. The van der Waals surface area contributed by atoms with Crippen LogP contribution in [-0.4, -0.2) is 64.7 Å². The van der Waals surface area contributed by atoms with E-state index < -0.39 is 36.6 Å². The number of ether oxygens (including phenoxy) is 4. The molecule has 0 aliphatic carbocycles. The number of imidazole rings is 1. The van der Waals surface area contributed by atoms with Crippen LogP contribution in [0, 0.1) is 3.70 Å².